The van der Waals surface area contributed by atoms with Gasteiger partial charge in [0.1, 0.15) is 18.2 Å². The number of thiophene rings is 1. The molecule has 2 aliphatic heterocycles. The minimum atomic E-state index is -0.735. The standard InChI is InChI=1S/C26H25FN4O4S/c1-28-26(34)23-7-4-18(36-23)14-31-8-9-35-22-6-3-17(10-15(22)13-31)29-24(32)12-20-19-11-16(27)2-5-21(19)30-25(20)33/h2-7,10-11,20H,8-9,12-14H2,1H3,(H,28,34)(H,29,32)(H,30,33). The fraction of sp³-hybridized carbons (Fsp3) is 0.269. The van der Waals surface area contributed by atoms with Crippen LogP contribution >= 0.6 is 11.3 Å². The van der Waals surface area contributed by atoms with Gasteiger partial charge in [-0.15, -0.1) is 11.3 Å². The molecule has 8 nitrogen and oxygen atoms in total. The summed E-state index contributed by atoms with van der Waals surface area (Å²) in [6.07, 6.45) is -0.0892. The molecule has 0 radical (unpaired) electrons. The van der Waals surface area contributed by atoms with E-state index in [1.165, 1.54) is 29.5 Å². The van der Waals surface area contributed by atoms with Crippen molar-refractivity contribution in [2.45, 2.75) is 25.4 Å². The highest BCUT2D eigenvalue weighted by atomic mass is 32.1. The molecule has 3 amide bonds. The van der Waals surface area contributed by atoms with E-state index in [0.29, 0.717) is 41.5 Å². The van der Waals surface area contributed by atoms with Crippen LogP contribution in [0, 0.1) is 5.82 Å². The zero-order valence-corrected chi connectivity index (χ0v) is 20.4. The molecule has 3 heterocycles. The lowest BCUT2D eigenvalue weighted by Gasteiger charge is -2.18. The van der Waals surface area contributed by atoms with Crippen molar-refractivity contribution in [3.63, 3.8) is 0 Å². The predicted molar refractivity (Wildman–Crippen MR) is 135 cm³/mol. The average molecular weight is 509 g/mol. The lowest BCUT2D eigenvalue weighted by molar-refractivity contribution is -0.122. The van der Waals surface area contributed by atoms with Gasteiger partial charge in [-0.05, 0) is 54.1 Å². The molecule has 0 spiro atoms. The number of rotatable bonds is 6. The first kappa shape index (κ1) is 24.0. The molecular weight excluding hydrogens is 483 g/mol. The number of carbonyl (C=O) groups is 3. The van der Waals surface area contributed by atoms with E-state index < -0.39 is 11.7 Å². The second kappa shape index (κ2) is 10.1. The summed E-state index contributed by atoms with van der Waals surface area (Å²) in [6.45, 7) is 2.53. The Morgan fingerprint density at radius 3 is 2.89 bits per heavy atom. The first-order chi connectivity index (χ1) is 17.4. The molecule has 36 heavy (non-hydrogen) atoms. The van der Waals surface area contributed by atoms with Crippen LogP contribution in [0.2, 0.25) is 0 Å². The molecule has 5 rings (SSSR count). The van der Waals surface area contributed by atoms with Gasteiger partial charge in [-0.3, -0.25) is 19.3 Å². The normalized spacial score (nSPS) is 16.8. The van der Waals surface area contributed by atoms with Crippen LogP contribution in [-0.2, 0) is 22.7 Å². The number of nitrogens with one attached hydrogen (secondary N) is 3. The maximum atomic E-state index is 13.7. The number of hydrogen-bond donors (Lipinski definition) is 3. The van der Waals surface area contributed by atoms with Crippen molar-refractivity contribution in [1.29, 1.82) is 0 Å². The highest BCUT2D eigenvalue weighted by Gasteiger charge is 2.32. The van der Waals surface area contributed by atoms with E-state index in [9.17, 15) is 18.8 Å². The number of nitrogens with zero attached hydrogens (tertiary/aromatic N) is 1. The molecule has 0 fully saturated rings. The summed E-state index contributed by atoms with van der Waals surface area (Å²) >= 11 is 1.46. The molecule has 0 saturated carbocycles. The van der Waals surface area contributed by atoms with Crippen LogP contribution in [0.1, 0.15) is 38.0 Å². The lowest BCUT2D eigenvalue weighted by atomic mass is 9.96. The second-order valence-electron chi connectivity index (χ2n) is 8.75. The minimum Gasteiger partial charge on any atom is -0.492 e. The minimum absolute atomic E-state index is 0.0892. The van der Waals surface area contributed by atoms with E-state index in [2.05, 4.69) is 20.9 Å². The molecule has 2 aliphatic rings. The number of benzene rings is 2. The highest BCUT2D eigenvalue weighted by Crippen LogP contribution is 2.35. The van der Waals surface area contributed by atoms with Gasteiger partial charge in [0.25, 0.3) is 5.91 Å². The number of amides is 3. The van der Waals surface area contributed by atoms with Gasteiger partial charge in [-0.25, -0.2) is 4.39 Å². The Balaban J connectivity index is 1.25. The Labute approximate surface area is 211 Å². The third-order valence-electron chi connectivity index (χ3n) is 6.25. The Hall–Kier alpha value is -3.76. The van der Waals surface area contributed by atoms with Crippen LogP contribution in [-0.4, -0.2) is 42.8 Å². The van der Waals surface area contributed by atoms with Gasteiger partial charge in [-0.1, -0.05) is 0 Å². The molecule has 1 aromatic heterocycles. The average Bonchev–Trinajstić information content (AvgIpc) is 3.37. The van der Waals surface area contributed by atoms with Crippen LogP contribution in [0.25, 0.3) is 0 Å². The number of fused-ring (bicyclic) bond motifs is 2. The summed E-state index contributed by atoms with van der Waals surface area (Å²) in [5, 5.41) is 8.20. The summed E-state index contributed by atoms with van der Waals surface area (Å²) < 4.78 is 19.6. The van der Waals surface area contributed by atoms with Crippen LogP contribution < -0.4 is 20.7 Å². The van der Waals surface area contributed by atoms with Crippen molar-refractivity contribution in [2.75, 3.05) is 30.8 Å². The van der Waals surface area contributed by atoms with E-state index >= 15 is 0 Å². The van der Waals surface area contributed by atoms with Crippen LogP contribution in [0.5, 0.6) is 5.75 Å². The van der Waals surface area contributed by atoms with E-state index in [1.807, 2.05) is 24.3 Å². The van der Waals surface area contributed by atoms with Gasteiger partial charge >= 0.3 is 0 Å². The molecule has 3 N–H and O–H groups in total. The van der Waals surface area contributed by atoms with Crippen LogP contribution in [0.4, 0.5) is 15.8 Å². The Morgan fingerprint density at radius 2 is 2.06 bits per heavy atom. The van der Waals surface area contributed by atoms with Gasteiger partial charge in [0.15, 0.2) is 0 Å². The maximum absolute atomic E-state index is 13.7. The molecule has 0 bridgehead atoms. The molecule has 0 saturated heterocycles. The molecule has 186 valence electrons. The number of ether oxygens (including phenoxy) is 1. The SMILES string of the molecule is CNC(=O)c1ccc(CN2CCOc3ccc(NC(=O)CC4C(=O)Nc5ccc(F)cc54)cc3C2)s1. The molecule has 1 unspecified atom stereocenters. The number of halogens is 1. The van der Waals surface area contributed by atoms with Gasteiger partial charge < -0.3 is 20.7 Å². The van der Waals surface area contributed by atoms with Crippen LogP contribution in [0.15, 0.2) is 48.5 Å². The summed E-state index contributed by atoms with van der Waals surface area (Å²) in [6, 6.07) is 13.3. The zero-order chi connectivity index (χ0) is 25.2. The molecule has 1 atom stereocenters. The van der Waals surface area contributed by atoms with Gasteiger partial charge in [0, 0.05) is 54.9 Å². The first-order valence-electron chi connectivity index (χ1n) is 11.6. The summed E-state index contributed by atoms with van der Waals surface area (Å²) in [7, 11) is 1.61. The number of anilines is 2. The fourth-order valence-corrected chi connectivity index (χ4v) is 5.48. The van der Waals surface area contributed by atoms with E-state index in [-0.39, 0.29) is 24.1 Å². The van der Waals surface area contributed by atoms with Crippen molar-refractivity contribution in [3.8, 4) is 5.75 Å². The Bertz CT molecular complexity index is 1340. The monoisotopic (exact) mass is 508 g/mol. The van der Waals surface area contributed by atoms with Crippen molar-refractivity contribution < 1.29 is 23.5 Å². The molecule has 10 heteroatoms. The molecular formula is C26H25FN4O4S. The van der Waals surface area contributed by atoms with Crippen LogP contribution in [0.3, 0.4) is 0 Å². The largest absolute Gasteiger partial charge is 0.492 e. The molecule has 0 aliphatic carbocycles. The zero-order valence-electron chi connectivity index (χ0n) is 19.6. The van der Waals surface area contributed by atoms with Gasteiger partial charge in [0.2, 0.25) is 11.8 Å². The Kier molecular flexibility index (Phi) is 6.71. The topological polar surface area (TPSA) is 99.8 Å². The first-order valence-corrected chi connectivity index (χ1v) is 12.4. The third kappa shape index (κ3) is 5.09. The quantitative estimate of drug-likeness (QED) is 0.472. The number of hydrogen-bond acceptors (Lipinski definition) is 6. The fourth-order valence-electron chi connectivity index (χ4n) is 4.49. The lowest BCUT2D eigenvalue weighted by Crippen LogP contribution is -2.24. The van der Waals surface area contributed by atoms with Crippen molar-refractivity contribution >= 4 is 40.4 Å². The van der Waals surface area contributed by atoms with E-state index in [1.54, 1.807) is 13.1 Å². The maximum Gasteiger partial charge on any atom is 0.261 e. The van der Waals surface area contributed by atoms with E-state index in [0.717, 1.165) is 22.7 Å². The van der Waals surface area contributed by atoms with Crippen molar-refractivity contribution in [2.24, 2.45) is 0 Å². The van der Waals surface area contributed by atoms with E-state index in [4.69, 9.17) is 4.74 Å². The van der Waals surface area contributed by atoms with Gasteiger partial charge in [0.05, 0.1) is 10.8 Å². The molecule has 3 aromatic rings. The summed E-state index contributed by atoms with van der Waals surface area (Å²) in [5.41, 5.74) is 2.56. The third-order valence-corrected chi connectivity index (χ3v) is 7.32. The predicted octanol–water partition coefficient (Wildman–Crippen LogP) is 3.71. The highest BCUT2D eigenvalue weighted by molar-refractivity contribution is 7.14. The van der Waals surface area contributed by atoms with Crippen molar-refractivity contribution in [3.05, 3.63) is 75.2 Å². The smallest absolute Gasteiger partial charge is 0.261 e. The van der Waals surface area contributed by atoms with Gasteiger partial charge in [-0.2, -0.15) is 0 Å². The Morgan fingerprint density at radius 1 is 1.19 bits per heavy atom. The van der Waals surface area contributed by atoms with Crippen molar-refractivity contribution in [1.82, 2.24) is 10.2 Å². The number of carbonyl (C=O) groups excluding carboxylic acids is 3. The summed E-state index contributed by atoms with van der Waals surface area (Å²) in [5.74, 6) is -1.17. The second-order valence-corrected chi connectivity index (χ2v) is 9.92. The molecule has 2 aromatic carbocycles. The summed E-state index contributed by atoms with van der Waals surface area (Å²) in [4.78, 5) is 41.0.